The molecule has 2 rings (SSSR count). The van der Waals surface area contributed by atoms with E-state index in [0.717, 1.165) is 3.70 Å². The van der Waals surface area contributed by atoms with Gasteiger partial charge >= 0.3 is 0 Å². The van der Waals surface area contributed by atoms with Gasteiger partial charge in [0.25, 0.3) is 0 Å². The summed E-state index contributed by atoms with van der Waals surface area (Å²) < 4.78 is 1.04. The van der Waals surface area contributed by atoms with Gasteiger partial charge in [-0.1, -0.05) is 6.07 Å². The van der Waals surface area contributed by atoms with Crippen molar-refractivity contribution in [3.63, 3.8) is 0 Å². The predicted octanol–water partition coefficient (Wildman–Crippen LogP) is 3.41. The third kappa shape index (κ3) is 1.67. The van der Waals surface area contributed by atoms with Crippen LogP contribution in [0.4, 0.5) is 0 Å². The van der Waals surface area contributed by atoms with Gasteiger partial charge in [-0.3, -0.25) is 4.98 Å². The molecule has 0 N–H and O–H groups in total. The first-order chi connectivity index (χ1) is 5.86. The predicted molar refractivity (Wildman–Crippen MR) is 60.3 cm³/mol. The van der Waals surface area contributed by atoms with Gasteiger partial charge in [-0.2, -0.15) is 0 Å². The molecule has 0 unspecified atom stereocenters. The van der Waals surface area contributed by atoms with Crippen molar-refractivity contribution in [3.8, 4) is 10.4 Å². The van der Waals surface area contributed by atoms with Crippen LogP contribution in [0.15, 0.2) is 35.8 Å². The number of halogens is 1. The lowest BCUT2D eigenvalue weighted by Gasteiger charge is -1.95. The number of thiophene rings is 1. The van der Waals surface area contributed by atoms with Crippen molar-refractivity contribution in [2.24, 2.45) is 0 Å². The normalized spacial score (nSPS) is 10.1. The molecule has 0 aliphatic heterocycles. The van der Waals surface area contributed by atoms with E-state index in [-0.39, 0.29) is 0 Å². The van der Waals surface area contributed by atoms with E-state index in [1.807, 2.05) is 12.3 Å². The molecule has 2 heterocycles. The molecule has 0 saturated carbocycles. The topological polar surface area (TPSA) is 12.9 Å². The first-order valence-electron chi connectivity index (χ1n) is 3.52. The number of aromatic nitrogens is 1. The average Bonchev–Trinajstić information content (AvgIpc) is 2.56. The minimum Gasteiger partial charge on any atom is -0.250 e. The van der Waals surface area contributed by atoms with Crippen LogP contribution in [0.2, 0.25) is 0 Å². The molecule has 0 amide bonds. The number of pyridine rings is 1. The standard InChI is InChI=1S/C9H6INS/c10-9-6-7(3-4-11-9)8-2-1-5-12-8/h1-6H. The van der Waals surface area contributed by atoms with Gasteiger partial charge in [0, 0.05) is 11.1 Å². The second-order valence-corrected chi connectivity index (χ2v) is 4.40. The Labute approximate surface area is 88.6 Å². The SMILES string of the molecule is Ic1cc(-c2cccs2)ccn1. The number of hydrogen-bond donors (Lipinski definition) is 0. The average molecular weight is 287 g/mol. The molecule has 0 fully saturated rings. The Bertz CT molecular complexity index is 370. The van der Waals surface area contributed by atoms with Gasteiger partial charge in [0.2, 0.25) is 0 Å². The molecule has 12 heavy (non-hydrogen) atoms. The zero-order valence-electron chi connectivity index (χ0n) is 6.20. The summed E-state index contributed by atoms with van der Waals surface area (Å²) in [4.78, 5) is 5.44. The summed E-state index contributed by atoms with van der Waals surface area (Å²) >= 11 is 3.98. The van der Waals surface area contributed by atoms with Crippen molar-refractivity contribution in [2.75, 3.05) is 0 Å². The molecule has 2 aromatic heterocycles. The van der Waals surface area contributed by atoms with Gasteiger partial charge in [0.15, 0.2) is 0 Å². The molecule has 0 radical (unpaired) electrons. The highest BCUT2D eigenvalue weighted by Gasteiger charge is 1.97. The zero-order chi connectivity index (χ0) is 8.39. The van der Waals surface area contributed by atoms with Crippen LogP contribution in [-0.2, 0) is 0 Å². The van der Waals surface area contributed by atoms with Gasteiger partial charge in [-0.15, -0.1) is 11.3 Å². The van der Waals surface area contributed by atoms with Crippen LogP contribution in [0.1, 0.15) is 0 Å². The van der Waals surface area contributed by atoms with E-state index in [2.05, 4.69) is 51.2 Å². The molecule has 60 valence electrons. The minimum absolute atomic E-state index is 1.04. The van der Waals surface area contributed by atoms with Crippen LogP contribution >= 0.6 is 33.9 Å². The smallest absolute Gasteiger partial charge is 0.101 e. The second-order valence-electron chi connectivity index (χ2n) is 2.34. The fourth-order valence-corrected chi connectivity index (χ4v) is 2.22. The van der Waals surface area contributed by atoms with E-state index in [1.165, 1.54) is 10.4 Å². The summed E-state index contributed by atoms with van der Waals surface area (Å²) in [6, 6.07) is 8.31. The maximum absolute atomic E-state index is 4.14. The third-order valence-corrected chi connectivity index (χ3v) is 3.04. The van der Waals surface area contributed by atoms with Gasteiger partial charge in [0.1, 0.15) is 3.70 Å². The second kappa shape index (κ2) is 3.53. The monoisotopic (exact) mass is 287 g/mol. The molecule has 0 atom stereocenters. The molecule has 0 aliphatic rings. The third-order valence-electron chi connectivity index (χ3n) is 1.53. The van der Waals surface area contributed by atoms with Crippen LogP contribution in [-0.4, -0.2) is 4.98 Å². The Hall–Kier alpha value is -0.420. The molecule has 0 spiro atoms. The van der Waals surface area contributed by atoms with Crippen molar-refractivity contribution in [2.45, 2.75) is 0 Å². The van der Waals surface area contributed by atoms with E-state index in [0.29, 0.717) is 0 Å². The van der Waals surface area contributed by atoms with Crippen molar-refractivity contribution >= 4 is 33.9 Å². The van der Waals surface area contributed by atoms with Crippen LogP contribution in [0.5, 0.6) is 0 Å². The number of rotatable bonds is 1. The lowest BCUT2D eigenvalue weighted by molar-refractivity contribution is 1.28. The van der Waals surface area contributed by atoms with Gasteiger partial charge in [-0.05, 0) is 51.7 Å². The highest BCUT2D eigenvalue weighted by Crippen LogP contribution is 2.24. The molecular weight excluding hydrogens is 281 g/mol. The lowest BCUT2D eigenvalue weighted by Crippen LogP contribution is -1.79. The molecule has 0 bridgehead atoms. The fraction of sp³-hybridized carbons (Fsp3) is 0. The summed E-state index contributed by atoms with van der Waals surface area (Å²) in [5.41, 5.74) is 1.25. The van der Waals surface area contributed by atoms with E-state index in [9.17, 15) is 0 Å². The van der Waals surface area contributed by atoms with Crippen LogP contribution in [0.25, 0.3) is 10.4 Å². The fourth-order valence-electron chi connectivity index (χ4n) is 0.999. The lowest BCUT2D eigenvalue weighted by atomic mass is 10.2. The van der Waals surface area contributed by atoms with E-state index < -0.39 is 0 Å². The van der Waals surface area contributed by atoms with Crippen molar-refractivity contribution in [1.82, 2.24) is 4.98 Å². The Morgan fingerprint density at radius 2 is 2.25 bits per heavy atom. The summed E-state index contributed by atoms with van der Waals surface area (Å²) in [5, 5.41) is 2.09. The molecule has 3 heteroatoms. The molecular formula is C9H6INS. The van der Waals surface area contributed by atoms with Crippen LogP contribution in [0.3, 0.4) is 0 Å². The Kier molecular flexibility index (Phi) is 2.41. The van der Waals surface area contributed by atoms with Crippen LogP contribution in [0, 0.1) is 3.70 Å². The maximum Gasteiger partial charge on any atom is 0.101 e. The highest BCUT2D eigenvalue weighted by molar-refractivity contribution is 14.1. The summed E-state index contributed by atoms with van der Waals surface area (Å²) in [5.74, 6) is 0. The molecule has 2 aromatic rings. The first kappa shape index (κ1) is 8.19. The first-order valence-corrected chi connectivity index (χ1v) is 5.47. The van der Waals surface area contributed by atoms with Gasteiger partial charge in [-0.25, -0.2) is 0 Å². The van der Waals surface area contributed by atoms with E-state index >= 15 is 0 Å². The Morgan fingerprint density at radius 1 is 1.33 bits per heavy atom. The summed E-state index contributed by atoms with van der Waals surface area (Å²) in [6.45, 7) is 0. The molecule has 0 aromatic carbocycles. The zero-order valence-corrected chi connectivity index (χ0v) is 9.17. The van der Waals surface area contributed by atoms with Crippen molar-refractivity contribution in [1.29, 1.82) is 0 Å². The van der Waals surface area contributed by atoms with Crippen molar-refractivity contribution in [3.05, 3.63) is 39.5 Å². The Morgan fingerprint density at radius 3 is 2.92 bits per heavy atom. The quantitative estimate of drug-likeness (QED) is 0.578. The largest absolute Gasteiger partial charge is 0.250 e. The molecule has 0 saturated heterocycles. The van der Waals surface area contributed by atoms with Gasteiger partial charge < -0.3 is 0 Å². The van der Waals surface area contributed by atoms with E-state index in [4.69, 9.17) is 0 Å². The number of nitrogens with zero attached hydrogens (tertiary/aromatic N) is 1. The van der Waals surface area contributed by atoms with Crippen LogP contribution < -0.4 is 0 Å². The summed E-state index contributed by atoms with van der Waals surface area (Å²) in [7, 11) is 0. The minimum atomic E-state index is 1.04. The maximum atomic E-state index is 4.14. The molecule has 1 nitrogen and oxygen atoms in total. The molecule has 0 aliphatic carbocycles. The van der Waals surface area contributed by atoms with Crippen molar-refractivity contribution < 1.29 is 0 Å². The van der Waals surface area contributed by atoms with E-state index in [1.54, 1.807) is 11.3 Å². The number of hydrogen-bond acceptors (Lipinski definition) is 2. The van der Waals surface area contributed by atoms with Gasteiger partial charge in [0.05, 0.1) is 0 Å². The Balaban J connectivity index is 2.48. The summed E-state index contributed by atoms with van der Waals surface area (Å²) in [6.07, 6.45) is 1.84. The highest BCUT2D eigenvalue weighted by atomic mass is 127.